The summed E-state index contributed by atoms with van der Waals surface area (Å²) in [4.78, 5) is 15.9. The number of carbonyl (C=O) groups excluding carboxylic acids is 1. The smallest absolute Gasteiger partial charge is 0.444 e. The van der Waals surface area contributed by atoms with E-state index in [2.05, 4.69) is 10.7 Å². The van der Waals surface area contributed by atoms with Gasteiger partial charge in [-0.2, -0.15) is 0 Å². The van der Waals surface area contributed by atoms with Gasteiger partial charge in [-0.1, -0.05) is 12.0 Å². The van der Waals surface area contributed by atoms with Crippen molar-refractivity contribution in [2.24, 2.45) is 0 Å². The molecule has 2 rings (SSSR count). The maximum Gasteiger partial charge on any atom is 0.573 e. The van der Waals surface area contributed by atoms with Gasteiger partial charge in [0.2, 0.25) is 0 Å². The Balaban J connectivity index is 2.09. The van der Waals surface area contributed by atoms with Gasteiger partial charge < -0.3 is 19.1 Å². The Labute approximate surface area is 179 Å². The van der Waals surface area contributed by atoms with Gasteiger partial charge in [0.15, 0.2) is 11.6 Å². The zero-order valence-electron chi connectivity index (χ0n) is 17.7. The molecule has 6 nitrogen and oxygen atoms in total. The van der Waals surface area contributed by atoms with Crippen LogP contribution < -0.4 is 4.74 Å². The maximum absolute atomic E-state index is 14.0. The van der Waals surface area contributed by atoms with E-state index in [1.54, 1.807) is 25.7 Å². The monoisotopic (exact) mass is 446 g/mol. The molecule has 10 heteroatoms. The van der Waals surface area contributed by atoms with Crippen LogP contribution >= 0.6 is 0 Å². The van der Waals surface area contributed by atoms with Crippen molar-refractivity contribution < 1.29 is 36.6 Å². The lowest BCUT2D eigenvalue weighted by Crippen LogP contribution is -2.56. The van der Waals surface area contributed by atoms with Crippen LogP contribution in [0.2, 0.25) is 0 Å². The molecule has 1 aromatic rings. The first kappa shape index (κ1) is 24.8. The Hall–Kier alpha value is -2.51. The van der Waals surface area contributed by atoms with E-state index in [0.717, 1.165) is 12.1 Å². The van der Waals surface area contributed by atoms with Gasteiger partial charge in [0, 0.05) is 26.2 Å². The van der Waals surface area contributed by atoms with Gasteiger partial charge in [-0.3, -0.25) is 4.90 Å². The minimum Gasteiger partial charge on any atom is -0.444 e. The molecule has 172 valence electrons. The van der Waals surface area contributed by atoms with Crippen LogP contribution in [0.4, 0.5) is 22.4 Å². The summed E-state index contributed by atoms with van der Waals surface area (Å²) in [5, 5.41) is 0. The number of hydrogen-bond acceptors (Lipinski definition) is 5. The minimum absolute atomic E-state index is 0.0921. The second-order valence-electron chi connectivity index (χ2n) is 8.08. The van der Waals surface area contributed by atoms with Gasteiger partial charge in [0.05, 0.1) is 12.6 Å². The van der Waals surface area contributed by atoms with Crippen LogP contribution in [0, 0.1) is 18.2 Å². The third kappa shape index (κ3) is 8.26. The molecule has 1 heterocycles. The van der Waals surface area contributed by atoms with Crippen molar-refractivity contribution in [2.75, 3.05) is 32.8 Å². The predicted molar refractivity (Wildman–Crippen MR) is 105 cm³/mol. The van der Waals surface area contributed by atoms with Crippen LogP contribution in [-0.4, -0.2) is 66.7 Å². The van der Waals surface area contributed by atoms with Crippen molar-refractivity contribution in [3.63, 3.8) is 0 Å². The van der Waals surface area contributed by atoms with Gasteiger partial charge in [-0.25, -0.2) is 9.18 Å². The zero-order chi connectivity index (χ0) is 23.2. The Kier molecular flexibility index (Phi) is 8.14. The molecule has 1 atom stereocenters. The number of amides is 1. The molecule has 0 bridgehead atoms. The van der Waals surface area contributed by atoms with Crippen LogP contribution in [0.25, 0.3) is 0 Å². The van der Waals surface area contributed by atoms with Gasteiger partial charge in [0.1, 0.15) is 12.2 Å². The number of nitrogens with zero attached hydrogens (tertiary/aromatic N) is 2. The Morgan fingerprint density at radius 1 is 1.26 bits per heavy atom. The van der Waals surface area contributed by atoms with Crippen LogP contribution in [0.3, 0.4) is 0 Å². The molecule has 0 spiro atoms. The van der Waals surface area contributed by atoms with Crippen LogP contribution in [0.1, 0.15) is 26.3 Å². The average molecular weight is 446 g/mol. The van der Waals surface area contributed by atoms with Crippen molar-refractivity contribution in [3.05, 3.63) is 29.6 Å². The number of ether oxygens (including phenoxy) is 3. The summed E-state index contributed by atoms with van der Waals surface area (Å²) in [5.41, 5.74) is -0.179. The third-order valence-electron chi connectivity index (χ3n) is 4.36. The average Bonchev–Trinajstić information content (AvgIpc) is 2.63. The molecule has 1 aliphatic heterocycles. The Morgan fingerprint density at radius 2 is 1.97 bits per heavy atom. The molecule has 0 saturated carbocycles. The normalized spacial score (nSPS) is 17.9. The van der Waals surface area contributed by atoms with E-state index in [-0.39, 0.29) is 25.8 Å². The summed E-state index contributed by atoms with van der Waals surface area (Å²) >= 11 is 0. The number of piperazine rings is 1. The highest BCUT2D eigenvalue weighted by molar-refractivity contribution is 5.68. The molecule has 0 radical (unpaired) electrons. The number of halogens is 4. The fourth-order valence-corrected chi connectivity index (χ4v) is 3.09. The number of alkyl halides is 3. The van der Waals surface area contributed by atoms with Crippen molar-refractivity contribution in [3.8, 4) is 18.1 Å². The van der Waals surface area contributed by atoms with E-state index in [9.17, 15) is 22.4 Å². The number of benzene rings is 1. The maximum atomic E-state index is 14.0. The minimum atomic E-state index is -4.97. The summed E-state index contributed by atoms with van der Waals surface area (Å²) in [5.74, 6) is 0.370. The van der Waals surface area contributed by atoms with E-state index in [4.69, 9.17) is 15.9 Å². The molecular weight excluding hydrogens is 420 g/mol. The molecule has 1 amide bonds. The first-order valence-electron chi connectivity index (χ1n) is 9.65. The molecular formula is C21H26F4N2O4. The molecule has 31 heavy (non-hydrogen) atoms. The van der Waals surface area contributed by atoms with Crippen molar-refractivity contribution in [2.45, 2.75) is 45.3 Å². The lowest BCUT2D eigenvalue weighted by molar-refractivity contribution is -0.275. The van der Waals surface area contributed by atoms with Crippen molar-refractivity contribution >= 4 is 6.09 Å². The van der Waals surface area contributed by atoms with Crippen molar-refractivity contribution in [1.29, 1.82) is 0 Å². The molecule has 0 unspecified atom stereocenters. The Morgan fingerprint density at radius 3 is 2.55 bits per heavy atom. The van der Waals surface area contributed by atoms with Crippen LogP contribution in [0.5, 0.6) is 5.75 Å². The molecule has 1 fully saturated rings. The SMILES string of the molecule is C#CCOC[C@H]1CN(C(=O)OC(C)(C)C)CCN1Cc1ccc(OC(F)(F)F)c(F)c1. The van der Waals surface area contributed by atoms with Crippen LogP contribution in [-0.2, 0) is 16.0 Å². The highest BCUT2D eigenvalue weighted by Gasteiger charge is 2.34. The first-order chi connectivity index (χ1) is 14.4. The highest BCUT2D eigenvalue weighted by Crippen LogP contribution is 2.27. The number of hydrogen-bond donors (Lipinski definition) is 0. The van der Waals surface area contributed by atoms with Crippen molar-refractivity contribution in [1.82, 2.24) is 9.80 Å². The van der Waals surface area contributed by atoms with E-state index in [1.807, 2.05) is 4.90 Å². The number of rotatable bonds is 6. The highest BCUT2D eigenvalue weighted by atomic mass is 19.4. The number of terminal acetylenes is 1. The summed E-state index contributed by atoms with van der Waals surface area (Å²) in [6, 6.07) is 3.05. The van der Waals surface area contributed by atoms with E-state index in [1.165, 1.54) is 6.07 Å². The summed E-state index contributed by atoms with van der Waals surface area (Å²) in [7, 11) is 0. The lowest BCUT2D eigenvalue weighted by Gasteiger charge is -2.41. The fraction of sp³-hybridized carbons (Fsp3) is 0.571. The zero-order valence-corrected chi connectivity index (χ0v) is 17.7. The first-order valence-corrected chi connectivity index (χ1v) is 9.65. The summed E-state index contributed by atoms with van der Waals surface area (Å²) in [6.07, 6.45) is -0.208. The van der Waals surface area contributed by atoms with E-state index < -0.39 is 29.6 Å². The molecule has 0 N–H and O–H groups in total. The largest absolute Gasteiger partial charge is 0.573 e. The van der Waals surface area contributed by atoms with E-state index in [0.29, 0.717) is 25.2 Å². The molecule has 1 aromatic carbocycles. The predicted octanol–water partition coefficient (Wildman–Crippen LogP) is 3.80. The molecule has 1 aliphatic rings. The second-order valence-corrected chi connectivity index (χ2v) is 8.08. The second kappa shape index (κ2) is 10.2. The van der Waals surface area contributed by atoms with Gasteiger partial charge in [-0.05, 0) is 38.5 Å². The molecule has 1 saturated heterocycles. The quantitative estimate of drug-likeness (QED) is 0.378. The van der Waals surface area contributed by atoms with E-state index >= 15 is 0 Å². The standard InChI is InChI=1S/C21H26F4N2O4/c1-5-10-29-14-16-13-27(19(28)31-20(2,3)4)9-8-26(16)12-15-6-7-18(17(22)11-15)30-21(23,24)25/h1,6-7,11,16H,8-10,12-14H2,2-4H3/t16-/m1/s1. The van der Waals surface area contributed by atoms with Gasteiger partial charge >= 0.3 is 12.5 Å². The van der Waals surface area contributed by atoms with Gasteiger partial charge in [-0.15, -0.1) is 19.6 Å². The lowest BCUT2D eigenvalue weighted by atomic mass is 10.1. The summed E-state index contributed by atoms with van der Waals surface area (Å²) in [6.45, 7) is 6.99. The third-order valence-corrected chi connectivity index (χ3v) is 4.36. The topological polar surface area (TPSA) is 51.2 Å². The number of carbonyl (C=O) groups is 1. The molecule has 0 aliphatic carbocycles. The summed E-state index contributed by atoms with van der Waals surface area (Å²) < 4.78 is 65.6. The Bertz CT molecular complexity index is 802. The van der Waals surface area contributed by atoms with Crippen LogP contribution in [0.15, 0.2) is 18.2 Å². The molecule has 0 aromatic heterocycles. The fourth-order valence-electron chi connectivity index (χ4n) is 3.09. The van der Waals surface area contributed by atoms with Gasteiger partial charge in [0.25, 0.3) is 0 Å².